The highest BCUT2D eigenvalue weighted by molar-refractivity contribution is 9.10. The van der Waals surface area contributed by atoms with Gasteiger partial charge in [-0.2, -0.15) is 0 Å². The van der Waals surface area contributed by atoms with Crippen molar-refractivity contribution < 1.29 is 9.53 Å². The number of nitrogens with one attached hydrogen (secondary N) is 1. The van der Waals surface area contributed by atoms with Gasteiger partial charge in [0.15, 0.2) is 0 Å². The van der Waals surface area contributed by atoms with Crippen molar-refractivity contribution in [1.29, 1.82) is 0 Å². The van der Waals surface area contributed by atoms with Gasteiger partial charge in [0.1, 0.15) is 5.60 Å². The number of halogens is 1. The first-order valence-corrected chi connectivity index (χ1v) is 8.54. The third kappa shape index (κ3) is 4.90. The molecule has 1 amide bonds. The zero-order valence-corrected chi connectivity index (χ0v) is 15.4. The summed E-state index contributed by atoms with van der Waals surface area (Å²) in [5, 5.41) is 3.59. The Hall–Kier alpha value is -1.23. The number of benzene rings is 1. The number of amides is 1. The number of anilines is 1. The SMILES string of the molecule is Cc1ccc(Br)cc1NC1CCN(C(=O)OC(C)(C)C)CC1. The molecule has 1 N–H and O–H groups in total. The molecule has 0 saturated carbocycles. The molecule has 0 radical (unpaired) electrons. The second kappa shape index (κ2) is 6.90. The number of carbonyl (C=O) groups excluding carboxylic acids is 1. The number of piperidine rings is 1. The molecule has 0 unspecified atom stereocenters. The molecule has 1 aromatic rings. The summed E-state index contributed by atoms with van der Waals surface area (Å²) in [5.74, 6) is 0. The maximum absolute atomic E-state index is 12.1. The molecule has 0 aromatic heterocycles. The summed E-state index contributed by atoms with van der Waals surface area (Å²) in [5.41, 5.74) is 1.96. The monoisotopic (exact) mass is 368 g/mol. The van der Waals surface area contributed by atoms with Gasteiger partial charge >= 0.3 is 6.09 Å². The van der Waals surface area contributed by atoms with Crippen LogP contribution >= 0.6 is 15.9 Å². The second-order valence-electron chi connectivity index (χ2n) is 6.85. The van der Waals surface area contributed by atoms with E-state index >= 15 is 0 Å². The topological polar surface area (TPSA) is 41.6 Å². The molecule has 22 heavy (non-hydrogen) atoms. The highest BCUT2D eigenvalue weighted by Crippen LogP contribution is 2.24. The van der Waals surface area contributed by atoms with Crippen molar-refractivity contribution >= 4 is 27.7 Å². The first-order valence-electron chi connectivity index (χ1n) is 7.75. The van der Waals surface area contributed by atoms with E-state index in [4.69, 9.17) is 4.74 Å². The molecule has 122 valence electrons. The van der Waals surface area contributed by atoms with Crippen LogP contribution in [0.1, 0.15) is 39.2 Å². The fraction of sp³-hybridized carbons (Fsp3) is 0.588. The predicted octanol–water partition coefficient (Wildman–Crippen LogP) is 4.57. The maximum atomic E-state index is 12.1. The zero-order valence-electron chi connectivity index (χ0n) is 13.8. The lowest BCUT2D eigenvalue weighted by Gasteiger charge is -2.34. The minimum atomic E-state index is -0.431. The van der Waals surface area contributed by atoms with Crippen LogP contribution in [0.2, 0.25) is 0 Å². The molecule has 0 bridgehead atoms. The van der Waals surface area contributed by atoms with Gasteiger partial charge in [0.05, 0.1) is 0 Å². The van der Waals surface area contributed by atoms with Gasteiger partial charge in [0, 0.05) is 29.3 Å². The predicted molar refractivity (Wildman–Crippen MR) is 93.3 cm³/mol. The first-order chi connectivity index (χ1) is 10.2. The van der Waals surface area contributed by atoms with Crippen LogP contribution in [0.15, 0.2) is 22.7 Å². The lowest BCUT2D eigenvalue weighted by atomic mass is 10.0. The number of hydrogen-bond acceptors (Lipinski definition) is 3. The van der Waals surface area contributed by atoms with Crippen LogP contribution in [0.5, 0.6) is 0 Å². The summed E-state index contributed by atoms with van der Waals surface area (Å²) >= 11 is 3.51. The number of hydrogen-bond donors (Lipinski definition) is 1. The van der Waals surface area contributed by atoms with E-state index in [9.17, 15) is 4.79 Å². The number of rotatable bonds is 2. The maximum Gasteiger partial charge on any atom is 0.410 e. The van der Waals surface area contributed by atoms with Crippen molar-refractivity contribution in [2.24, 2.45) is 0 Å². The number of aryl methyl sites for hydroxylation is 1. The van der Waals surface area contributed by atoms with E-state index < -0.39 is 5.60 Å². The van der Waals surface area contributed by atoms with E-state index in [1.54, 1.807) is 4.90 Å². The average Bonchev–Trinajstić information content (AvgIpc) is 2.42. The molecule has 5 heteroatoms. The zero-order chi connectivity index (χ0) is 16.3. The Morgan fingerprint density at radius 3 is 2.55 bits per heavy atom. The molecule has 1 aromatic carbocycles. The molecule has 1 saturated heterocycles. The van der Waals surface area contributed by atoms with E-state index in [0.717, 1.165) is 36.1 Å². The third-order valence-corrected chi connectivity index (χ3v) is 4.20. The Morgan fingerprint density at radius 1 is 1.32 bits per heavy atom. The number of carbonyl (C=O) groups is 1. The quantitative estimate of drug-likeness (QED) is 0.830. The minimum absolute atomic E-state index is 0.204. The summed E-state index contributed by atoms with van der Waals surface area (Å²) in [6.07, 6.45) is 1.67. The van der Waals surface area contributed by atoms with Crippen LogP contribution in [0.25, 0.3) is 0 Å². The highest BCUT2D eigenvalue weighted by atomic mass is 79.9. The van der Waals surface area contributed by atoms with Crippen molar-refractivity contribution in [3.05, 3.63) is 28.2 Å². The van der Waals surface area contributed by atoms with E-state index in [1.807, 2.05) is 26.8 Å². The van der Waals surface area contributed by atoms with E-state index in [2.05, 4.69) is 40.3 Å². The van der Waals surface area contributed by atoms with Crippen LogP contribution < -0.4 is 5.32 Å². The summed E-state index contributed by atoms with van der Waals surface area (Å²) in [6.45, 7) is 9.27. The van der Waals surface area contributed by atoms with Crippen molar-refractivity contribution in [1.82, 2.24) is 4.90 Å². The van der Waals surface area contributed by atoms with E-state index in [-0.39, 0.29) is 6.09 Å². The van der Waals surface area contributed by atoms with E-state index in [0.29, 0.717) is 6.04 Å². The van der Waals surface area contributed by atoms with Crippen molar-refractivity contribution in [2.45, 2.75) is 52.2 Å². The van der Waals surface area contributed by atoms with Gasteiger partial charge in [0.2, 0.25) is 0 Å². The van der Waals surface area contributed by atoms with Crippen LogP contribution in [0.3, 0.4) is 0 Å². The summed E-state index contributed by atoms with van der Waals surface area (Å²) < 4.78 is 6.50. The third-order valence-electron chi connectivity index (χ3n) is 3.71. The first kappa shape index (κ1) is 17.1. The minimum Gasteiger partial charge on any atom is -0.444 e. The second-order valence-corrected chi connectivity index (χ2v) is 7.76. The molecule has 1 aliphatic heterocycles. The number of likely N-dealkylation sites (tertiary alicyclic amines) is 1. The summed E-state index contributed by atoms with van der Waals surface area (Å²) in [4.78, 5) is 13.9. The van der Waals surface area contributed by atoms with Crippen LogP contribution in [0, 0.1) is 6.92 Å². The Labute approximate surface area is 141 Å². The van der Waals surface area contributed by atoms with Gasteiger partial charge in [-0.25, -0.2) is 4.79 Å². The smallest absolute Gasteiger partial charge is 0.410 e. The molecule has 1 fully saturated rings. The molecule has 0 aliphatic carbocycles. The molecule has 0 spiro atoms. The number of ether oxygens (including phenoxy) is 1. The van der Waals surface area contributed by atoms with Gasteiger partial charge < -0.3 is 15.0 Å². The normalized spacial score (nSPS) is 16.5. The molecule has 1 aliphatic rings. The highest BCUT2D eigenvalue weighted by Gasteiger charge is 2.26. The summed E-state index contributed by atoms with van der Waals surface area (Å²) in [7, 11) is 0. The summed E-state index contributed by atoms with van der Waals surface area (Å²) in [6, 6.07) is 6.65. The Morgan fingerprint density at radius 2 is 1.95 bits per heavy atom. The Balaban J connectivity index is 1.87. The van der Waals surface area contributed by atoms with Crippen LogP contribution in [-0.2, 0) is 4.74 Å². The fourth-order valence-corrected chi connectivity index (χ4v) is 2.86. The number of nitrogens with zero attached hydrogens (tertiary/aromatic N) is 1. The molecule has 4 nitrogen and oxygen atoms in total. The standard InChI is InChI=1S/C17H25BrN2O2/c1-12-5-6-13(18)11-15(12)19-14-7-9-20(10-8-14)16(21)22-17(2,3)4/h5-6,11,14,19H,7-10H2,1-4H3. The Bertz CT molecular complexity index is 532. The molecular weight excluding hydrogens is 344 g/mol. The van der Waals surface area contributed by atoms with Gasteiger partial charge in [-0.15, -0.1) is 0 Å². The van der Waals surface area contributed by atoms with Crippen LogP contribution in [-0.4, -0.2) is 35.7 Å². The fourth-order valence-electron chi connectivity index (χ4n) is 2.50. The van der Waals surface area contributed by atoms with Gasteiger partial charge in [0.25, 0.3) is 0 Å². The largest absolute Gasteiger partial charge is 0.444 e. The molecular formula is C17H25BrN2O2. The molecule has 2 rings (SSSR count). The lowest BCUT2D eigenvalue weighted by Crippen LogP contribution is -2.44. The van der Waals surface area contributed by atoms with Crippen molar-refractivity contribution in [3.63, 3.8) is 0 Å². The molecule has 1 heterocycles. The van der Waals surface area contributed by atoms with Gasteiger partial charge in [-0.05, 0) is 58.2 Å². The van der Waals surface area contributed by atoms with Gasteiger partial charge in [-0.1, -0.05) is 22.0 Å². The van der Waals surface area contributed by atoms with Crippen molar-refractivity contribution in [3.8, 4) is 0 Å². The average molecular weight is 369 g/mol. The van der Waals surface area contributed by atoms with Gasteiger partial charge in [-0.3, -0.25) is 0 Å². The van der Waals surface area contributed by atoms with E-state index in [1.165, 1.54) is 5.56 Å². The van der Waals surface area contributed by atoms with Crippen molar-refractivity contribution in [2.75, 3.05) is 18.4 Å². The van der Waals surface area contributed by atoms with Crippen LogP contribution in [0.4, 0.5) is 10.5 Å². The lowest BCUT2D eigenvalue weighted by molar-refractivity contribution is 0.0210. The Kier molecular flexibility index (Phi) is 5.37. The molecule has 0 atom stereocenters.